The van der Waals surface area contributed by atoms with Crippen molar-refractivity contribution in [1.82, 2.24) is 0 Å². The summed E-state index contributed by atoms with van der Waals surface area (Å²) in [5, 5.41) is 12.2. The lowest BCUT2D eigenvalue weighted by molar-refractivity contribution is -0.214. The van der Waals surface area contributed by atoms with Gasteiger partial charge in [-0.05, 0) is 84.6 Å². The van der Waals surface area contributed by atoms with Crippen LogP contribution in [0.25, 0.3) is 0 Å². The molecule has 0 amide bonds. The predicted molar refractivity (Wildman–Crippen MR) is 169 cm³/mol. The van der Waals surface area contributed by atoms with Crippen molar-refractivity contribution >= 4 is 18.0 Å². The number of phenolic OH excluding ortho intramolecular Hbond substituents is 1. The monoisotopic (exact) mass is 628 g/mol. The number of benzene rings is 1. The van der Waals surface area contributed by atoms with Gasteiger partial charge in [0.2, 0.25) is 0 Å². The quantitative estimate of drug-likeness (QED) is 0.211. The number of allylic oxidation sites excluding steroid dienone is 4. The highest BCUT2D eigenvalue weighted by molar-refractivity contribution is 6.18. The maximum atomic E-state index is 15.0. The molecule has 10 rings (SSSR count). The first kappa shape index (κ1) is 30.0. The molecule has 1 saturated heterocycles. The van der Waals surface area contributed by atoms with Crippen molar-refractivity contribution < 1.29 is 38.4 Å². The zero-order chi connectivity index (χ0) is 32.9. The first-order chi connectivity index (χ1) is 21.6. The van der Waals surface area contributed by atoms with Gasteiger partial charge in [0.15, 0.2) is 22.8 Å². The van der Waals surface area contributed by atoms with E-state index in [4.69, 9.17) is 18.9 Å². The van der Waals surface area contributed by atoms with Crippen molar-refractivity contribution in [1.29, 1.82) is 0 Å². The molecule has 1 aromatic rings. The number of fused-ring (bicyclic) bond motifs is 3. The van der Waals surface area contributed by atoms with Crippen molar-refractivity contribution in [2.75, 3.05) is 0 Å². The van der Waals surface area contributed by atoms with Crippen LogP contribution < -0.4 is 9.47 Å². The molecule has 244 valence electrons. The molecule has 46 heavy (non-hydrogen) atoms. The van der Waals surface area contributed by atoms with Gasteiger partial charge >= 0.3 is 0 Å². The van der Waals surface area contributed by atoms with Crippen LogP contribution in [0.2, 0.25) is 0 Å². The first-order valence-corrected chi connectivity index (χ1v) is 16.8. The second kappa shape index (κ2) is 8.94. The summed E-state index contributed by atoms with van der Waals surface area (Å²) in [7, 11) is 0. The largest absolute Gasteiger partial charge is 0.507 e. The predicted octanol–water partition coefficient (Wildman–Crippen LogP) is 6.68. The molecule has 1 spiro atoms. The SMILES string of the molecule is CC(C)=CCc1c2c(c(O)c3c1O[C@@]1(C)CCC4C3C1C4(C)C)C(=O)C1=C[C@@H]3CC4C(C)(C)O[C@](C/C=C(/C)OC=O)(C3=O)[C@@]14O2. The molecule has 8 atom stereocenters. The van der Waals surface area contributed by atoms with E-state index in [0.29, 0.717) is 48.1 Å². The van der Waals surface area contributed by atoms with Crippen LogP contribution in [0.4, 0.5) is 0 Å². The molecule has 8 heteroatoms. The van der Waals surface area contributed by atoms with Crippen molar-refractivity contribution in [3.8, 4) is 17.2 Å². The molecule has 8 nitrogen and oxygen atoms in total. The van der Waals surface area contributed by atoms with Crippen molar-refractivity contribution in [3.05, 3.63) is 51.8 Å². The number of ether oxygens (including phenoxy) is 4. The summed E-state index contributed by atoms with van der Waals surface area (Å²) in [4.78, 5) is 40.5. The van der Waals surface area contributed by atoms with Crippen molar-refractivity contribution in [2.24, 2.45) is 29.1 Å². The van der Waals surface area contributed by atoms with Gasteiger partial charge in [-0.1, -0.05) is 31.6 Å². The van der Waals surface area contributed by atoms with Gasteiger partial charge in [-0.3, -0.25) is 14.4 Å². The van der Waals surface area contributed by atoms with Gasteiger partial charge in [0, 0.05) is 46.8 Å². The van der Waals surface area contributed by atoms with E-state index in [1.54, 1.807) is 19.1 Å². The van der Waals surface area contributed by atoms with Crippen LogP contribution >= 0.6 is 0 Å². The second-order valence-corrected chi connectivity index (χ2v) is 16.4. The maximum Gasteiger partial charge on any atom is 0.298 e. The van der Waals surface area contributed by atoms with E-state index in [2.05, 4.69) is 26.8 Å². The van der Waals surface area contributed by atoms with Gasteiger partial charge < -0.3 is 24.1 Å². The van der Waals surface area contributed by atoms with Crippen LogP contribution in [-0.4, -0.2) is 45.5 Å². The maximum absolute atomic E-state index is 15.0. The average molecular weight is 629 g/mol. The van der Waals surface area contributed by atoms with Crippen LogP contribution in [0.5, 0.6) is 17.2 Å². The van der Waals surface area contributed by atoms with E-state index in [0.717, 1.165) is 29.5 Å². The Hall–Kier alpha value is -3.39. The molecule has 0 radical (unpaired) electrons. The fourth-order valence-electron chi connectivity index (χ4n) is 11.3. The molecule has 6 aliphatic carbocycles. The summed E-state index contributed by atoms with van der Waals surface area (Å²) in [6.07, 6.45) is 8.48. The number of phenols is 1. The van der Waals surface area contributed by atoms with Gasteiger partial charge in [0.1, 0.15) is 34.2 Å². The Morgan fingerprint density at radius 1 is 1.07 bits per heavy atom. The number of carbonyl (C=O) groups is 3. The molecule has 4 unspecified atom stereocenters. The van der Waals surface area contributed by atoms with Gasteiger partial charge in [-0.15, -0.1) is 0 Å². The minimum atomic E-state index is -1.52. The standard InChI is InChI=1S/C38H44O8/c1-18(2)9-10-21-30-26(25-22-12-13-36(8,44-30)32(25)34(22,4)5)29(41)27-28(40)23-15-20-16-24-35(6,7)46-37(33(20)42,14-11-19(3)43-17-39)38(23,24)45-31(21)27/h9,11,15,17,20,22,24-25,32,41H,10,12-14,16H2,1-8H3/b19-11-/t20-,22?,24?,25?,32?,36+,37-,38-/m1/s1. The minimum absolute atomic E-state index is 0.0457. The van der Waals surface area contributed by atoms with E-state index in [1.807, 2.05) is 27.7 Å². The third-order valence-electron chi connectivity index (χ3n) is 13.1. The number of rotatable bonds is 6. The number of aromatic hydroxyl groups is 1. The number of Topliss-reactive ketones (excluding diaryl/α,β-unsaturated/α-hetero) is 2. The molecule has 3 heterocycles. The highest BCUT2D eigenvalue weighted by Crippen LogP contribution is 2.76. The summed E-state index contributed by atoms with van der Waals surface area (Å²) >= 11 is 0. The second-order valence-electron chi connectivity index (χ2n) is 16.4. The fraction of sp³-hybridized carbons (Fsp3) is 0.605. The van der Waals surface area contributed by atoms with E-state index in [1.165, 1.54) is 0 Å². The Kier molecular flexibility index (Phi) is 5.83. The molecule has 8 bridgehead atoms. The van der Waals surface area contributed by atoms with Crippen LogP contribution in [0, 0.1) is 29.1 Å². The summed E-state index contributed by atoms with van der Waals surface area (Å²) in [5.41, 5.74) is -0.973. The third-order valence-corrected chi connectivity index (χ3v) is 13.1. The lowest BCUT2D eigenvalue weighted by Gasteiger charge is -2.70. The Bertz CT molecular complexity index is 1740. The van der Waals surface area contributed by atoms with Crippen LogP contribution in [0.15, 0.2) is 35.1 Å². The number of carbonyl (C=O) groups excluding carboxylic acids is 3. The normalized spacial score (nSPS) is 39.5. The van der Waals surface area contributed by atoms with Gasteiger partial charge in [-0.25, -0.2) is 0 Å². The summed E-state index contributed by atoms with van der Waals surface area (Å²) in [5.74, 6) is 0.590. The summed E-state index contributed by atoms with van der Waals surface area (Å²) < 4.78 is 26.2. The van der Waals surface area contributed by atoms with Crippen LogP contribution in [0.1, 0.15) is 108 Å². The lowest BCUT2D eigenvalue weighted by Crippen LogP contribution is -2.72. The first-order valence-electron chi connectivity index (χ1n) is 16.8. The van der Waals surface area contributed by atoms with Crippen molar-refractivity contribution in [2.45, 2.75) is 116 Å². The van der Waals surface area contributed by atoms with Crippen LogP contribution in [0.3, 0.4) is 0 Å². The molecule has 3 aliphatic heterocycles. The smallest absolute Gasteiger partial charge is 0.298 e. The average Bonchev–Trinajstić information content (AvgIpc) is 3.12. The third kappa shape index (κ3) is 3.27. The number of ketones is 2. The lowest BCUT2D eigenvalue weighted by atomic mass is 9.37. The van der Waals surface area contributed by atoms with Gasteiger partial charge in [0.05, 0.1) is 5.60 Å². The van der Waals surface area contributed by atoms with Gasteiger partial charge in [0.25, 0.3) is 6.47 Å². The molecular weight excluding hydrogens is 584 g/mol. The molecule has 1 aromatic carbocycles. The van der Waals surface area contributed by atoms with Crippen LogP contribution in [-0.2, 0) is 25.5 Å². The zero-order valence-corrected chi connectivity index (χ0v) is 28.0. The zero-order valence-electron chi connectivity index (χ0n) is 28.0. The Morgan fingerprint density at radius 3 is 2.48 bits per heavy atom. The minimum Gasteiger partial charge on any atom is -0.507 e. The van der Waals surface area contributed by atoms with E-state index in [9.17, 15) is 19.5 Å². The molecule has 5 fully saturated rings. The van der Waals surface area contributed by atoms with E-state index < -0.39 is 28.3 Å². The molecule has 4 saturated carbocycles. The Balaban J connectivity index is 1.39. The Labute approximate surface area is 270 Å². The number of hydrogen-bond acceptors (Lipinski definition) is 8. The molecule has 1 N–H and O–H groups in total. The Morgan fingerprint density at radius 2 is 1.80 bits per heavy atom. The molecule has 0 aromatic heterocycles. The molecule has 9 aliphatic rings. The van der Waals surface area contributed by atoms with Crippen molar-refractivity contribution in [3.63, 3.8) is 0 Å². The fourth-order valence-corrected chi connectivity index (χ4v) is 11.3. The topological polar surface area (TPSA) is 108 Å². The summed E-state index contributed by atoms with van der Waals surface area (Å²) in [6, 6.07) is 0. The highest BCUT2D eigenvalue weighted by Gasteiger charge is 2.81. The van der Waals surface area contributed by atoms with E-state index in [-0.39, 0.29) is 52.5 Å². The van der Waals surface area contributed by atoms with E-state index >= 15 is 0 Å². The van der Waals surface area contributed by atoms with Gasteiger partial charge in [-0.2, -0.15) is 0 Å². The number of hydrogen-bond donors (Lipinski definition) is 1. The highest BCUT2D eigenvalue weighted by atomic mass is 16.6. The molecular formula is C38H44O8. The summed E-state index contributed by atoms with van der Waals surface area (Å²) in [6.45, 7) is 16.8.